The first-order chi connectivity index (χ1) is 7.35. The first-order valence-corrected chi connectivity index (χ1v) is 6.68. The SMILES string of the molecule is CCCCCC(NC)C1CC2CCC1O2. The van der Waals surface area contributed by atoms with Gasteiger partial charge in [-0.15, -0.1) is 0 Å². The van der Waals surface area contributed by atoms with Gasteiger partial charge < -0.3 is 10.1 Å². The Hall–Kier alpha value is -0.0800. The average molecular weight is 211 g/mol. The van der Waals surface area contributed by atoms with E-state index in [2.05, 4.69) is 19.3 Å². The second-order valence-corrected chi connectivity index (χ2v) is 5.16. The molecule has 2 aliphatic rings. The van der Waals surface area contributed by atoms with Crippen LogP contribution in [0.15, 0.2) is 0 Å². The third-order valence-electron chi connectivity index (χ3n) is 4.16. The molecular weight excluding hydrogens is 186 g/mol. The van der Waals surface area contributed by atoms with E-state index < -0.39 is 0 Å². The summed E-state index contributed by atoms with van der Waals surface area (Å²) in [5.41, 5.74) is 0. The van der Waals surface area contributed by atoms with Crippen molar-refractivity contribution < 1.29 is 4.74 Å². The van der Waals surface area contributed by atoms with Crippen molar-refractivity contribution in [3.8, 4) is 0 Å². The fraction of sp³-hybridized carbons (Fsp3) is 1.00. The topological polar surface area (TPSA) is 21.3 Å². The third-order valence-corrected chi connectivity index (χ3v) is 4.16. The van der Waals surface area contributed by atoms with Crippen molar-refractivity contribution in [3.63, 3.8) is 0 Å². The minimum atomic E-state index is 0.578. The third kappa shape index (κ3) is 2.54. The summed E-state index contributed by atoms with van der Waals surface area (Å²) in [6.45, 7) is 2.27. The summed E-state index contributed by atoms with van der Waals surface area (Å²) < 4.78 is 5.93. The fourth-order valence-corrected chi connectivity index (χ4v) is 3.29. The van der Waals surface area contributed by atoms with Gasteiger partial charge in [0.25, 0.3) is 0 Å². The standard InChI is InChI=1S/C13H25NO/c1-3-4-5-6-12(14-2)11-9-10-7-8-13(11)15-10/h10-14H,3-9H2,1-2H3. The van der Waals surface area contributed by atoms with Crippen LogP contribution in [0.2, 0.25) is 0 Å². The zero-order valence-electron chi connectivity index (χ0n) is 10.2. The largest absolute Gasteiger partial charge is 0.375 e. The van der Waals surface area contributed by atoms with Crippen molar-refractivity contribution in [1.82, 2.24) is 5.32 Å². The molecule has 0 aliphatic carbocycles. The lowest BCUT2D eigenvalue weighted by Crippen LogP contribution is -2.38. The van der Waals surface area contributed by atoms with Gasteiger partial charge in [0, 0.05) is 12.0 Å². The second kappa shape index (κ2) is 5.31. The number of fused-ring (bicyclic) bond motifs is 2. The van der Waals surface area contributed by atoms with Gasteiger partial charge in [-0.05, 0) is 32.7 Å². The van der Waals surface area contributed by atoms with Crippen LogP contribution in [0.3, 0.4) is 0 Å². The smallest absolute Gasteiger partial charge is 0.0623 e. The number of nitrogens with one attached hydrogen (secondary N) is 1. The summed E-state index contributed by atoms with van der Waals surface area (Å²) in [5, 5.41) is 3.51. The molecule has 15 heavy (non-hydrogen) atoms. The molecule has 0 radical (unpaired) electrons. The Kier molecular flexibility index (Phi) is 4.04. The van der Waals surface area contributed by atoms with Crippen LogP contribution in [0.25, 0.3) is 0 Å². The van der Waals surface area contributed by atoms with Gasteiger partial charge in [0.1, 0.15) is 0 Å². The molecule has 4 unspecified atom stereocenters. The van der Waals surface area contributed by atoms with Crippen LogP contribution in [-0.4, -0.2) is 25.3 Å². The molecule has 2 heterocycles. The van der Waals surface area contributed by atoms with E-state index in [1.807, 2.05) is 0 Å². The van der Waals surface area contributed by atoms with Crippen molar-refractivity contribution in [1.29, 1.82) is 0 Å². The Bertz CT molecular complexity index is 195. The van der Waals surface area contributed by atoms with E-state index >= 15 is 0 Å². The Morgan fingerprint density at radius 1 is 1.33 bits per heavy atom. The molecule has 1 N–H and O–H groups in total. The Balaban J connectivity index is 1.79. The van der Waals surface area contributed by atoms with Crippen molar-refractivity contribution in [3.05, 3.63) is 0 Å². The normalized spacial score (nSPS) is 36.0. The van der Waals surface area contributed by atoms with E-state index in [1.165, 1.54) is 44.9 Å². The number of ether oxygens (including phenoxy) is 1. The van der Waals surface area contributed by atoms with E-state index in [-0.39, 0.29) is 0 Å². The molecule has 0 aromatic carbocycles. The maximum absolute atomic E-state index is 5.93. The van der Waals surface area contributed by atoms with E-state index in [0.29, 0.717) is 18.2 Å². The van der Waals surface area contributed by atoms with Crippen LogP contribution in [0.5, 0.6) is 0 Å². The molecule has 2 saturated heterocycles. The van der Waals surface area contributed by atoms with Crippen molar-refractivity contribution in [2.45, 2.75) is 70.1 Å². The van der Waals surface area contributed by atoms with Crippen LogP contribution in [0, 0.1) is 5.92 Å². The Morgan fingerprint density at radius 2 is 2.20 bits per heavy atom. The molecule has 0 aromatic heterocycles. The molecule has 2 bridgehead atoms. The Morgan fingerprint density at radius 3 is 2.73 bits per heavy atom. The summed E-state index contributed by atoms with van der Waals surface area (Å²) in [4.78, 5) is 0. The number of unbranched alkanes of at least 4 members (excludes halogenated alkanes) is 2. The molecule has 2 rings (SSSR count). The molecule has 0 saturated carbocycles. The summed E-state index contributed by atoms with van der Waals surface area (Å²) >= 11 is 0. The quantitative estimate of drug-likeness (QED) is 0.682. The van der Waals surface area contributed by atoms with Crippen molar-refractivity contribution in [2.75, 3.05) is 7.05 Å². The van der Waals surface area contributed by atoms with E-state index in [0.717, 1.165) is 5.92 Å². The minimum Gasteiger partial charge on any atom is -0.375 e. The molecular formula is C13H25NO. The summed E-state index contributed by atoms with van der Waals surface area (Å²) in [5.74, 6) is 0.797. The zero-order valence-corrected chi connectivity index (χ0v) is 10.2. The van der Waals surface area contributed by atoms with Gasteiger partial charge in [-0.25, -0.2) is 0 Å². The molecule has 0 amide bonds. The van der Waals surface area contributed by atoms with E-state index in [1.54, 1.807) is 0 Å². The maximum atomic E-state index is 5.93. The predicted molar refractivity (Wildman–Crippen MR) is 63.0 cm³/mol. The van der Waals surface area contributed by atoms with Gasteiger partial charge in [-0.1, -0.05) is 26.2 Å². The Labute approximate surface area is 93.8 Å². The average Bonchev–Trinajstić information content (AvgIpc) is 2.86. The first-order valence-electron chi connectivity index (χ1n) is 6.68. The molecule has 2 aliphatic heterocycles. The van der Waals surface area contributed by atoms with Gasteiger partial charge in [-0.2, -0.15) is 0 Å². The first kappa shape index (κ1) is 11.4. The van der Waals surface area contributed by atoms with Crippen LogP contribution in [0.4, 0.5) is 0 Å². The van der Waals surface area contributed by atoms with Gasteiger partial charge >= 0.3 is 0 Å². The molecule has 0 aromatic rings. The van der Waals surface area contributed by atoms with Gasteiger partial charge in [0.05, 0.1) is 12.2 Å². The molecule has 2 heteroatoms. The number of hydrogen-bond donors (Lipinski definition) is 1. The van der Waals surface area contributed by atoms with Crippen molar-refractivity contribution in [2.24, 2.45) is 5.92 Å². The lowest BCUT2D eigenvalue weighted by molar-refractivity contribution is 0.0854. The molecule has 4 atom stereocenters. The van der Waals surface area contributed by atoms with E-state index in [4.69, 9.17) is 4.74 Å². The van der Waals surface area contributed by atoms with Gasteiger partial charge in [0.2, 0.25) is 0 Å². The zero-order chi connectivity index (χ0) is 10.7. The molecule has 0 spiro atoms. The summed E-state index contributed by atoms with van der Waals surface area (Å²) in [6, 6.07) is 0.701. The lowest BCUT2D eigenvalue weighted by atomic mass is 9.82. The lowest BCUT2D eigenvalue weighted by Gasteiger charge is -2.28. The predicted octanol–water partition coefficient (Wildman–Crippen LogP) is 2.72. The van der Waals surface area contributed by atoms with Crippen LogP contribution in [-0.2, 0) is 4.74 Å². The second-order valence-electron chi connectivity index (χ2n) is 5.16. The minimum absolute atomic E-state index is 0.578. The summed E-state index contributed by atoms with van der Waals surface area (Å²) in [6.07, 6.45) is 10.5. The van der Waals surface area contributed by atoms with Crippen LogP contribution < -0.4 is 5.32 Å². The highest BCUT2D eigenvalue weighted by atomic mass is 16.5. The van der Waals surface area contributed by atoms with Crippen LogP contribution >= 0.6 is 0 Å². The van der Waals surface area contributed by atoms with E-state index in [9.17, 15) is 0 Å². The van der Waals surface area contributed by atoms with Crippen LogP contribution in [0.1, 0.15) is 51.9 Å². The maximum Gasteiger partial charge on any atom is 0.0623 e. The highest BCUT2D eigenvalue weighted by molar-refractivity contribution is 4.94. The number of rotatable bonds is 6. The monoisotopic (exact) mass is 211 g/mol. The molecule has 2 nitrogen and oxygen atoms in total. The fourth-order valence-electron chi connectivity index (χ4n) is 3.29. The number of hydrogen-bond acceptors (Lipinski definition) is 2. The molecule has 2 fully saturated rings. The molecule has 88 valence electrons. The highest BCUT2D eigenvalue weighted by Crippen LogP contribution is 2.41. The highest BCUT2D eigenvalue weighted by Gasteiger charge is 2.43. The van der Waals surface area contributed by atoms with Gasteiger partial charge in [-0.3, -0.25) is 0 Å². The van der Waals surface area contributed by atoms with Crippen molar-refractivity contribution >= 4 is 0 Å². The van der Waals surface area contributed by atoms with Gasteiger partial charge in [0.15, 0.2) is 0 Å². The summed E-state index contributed by atoms with van der Waals surface area (Å²) in [7, 11) is 2.11.